The molecule has 1 aromatic carbocycles. The third-order valence-corrected chi connectivity index (χ3v) is 4.55. The summed E-state index contributed by atoms with van der Waals surface area (Å²) in [4.78, 5) is 14.8. The molecule has 0 radical (unpaired) electrons. The van der Waals surface area contributed by atoms with E-state index < -0.39 is 5.41 Å². The summed E-state index contributed by atoms with van der Waals surface area (Å²) in [5.41, 5.74) is 6.97. The van der Waals surface area contributed by atoms with Crippen molar-refractivity contribution >= 4 is 34.5 Å². The molecule has 6 heteroatoms. The molecule has 1 aromatic rings. The smallest absolute Gasteiger partial charge is 0.237 e. The van der Waals surface area contributed by atoms with Crippen LogP contribution in [0.25, 0.3) is 0 Å². The number of benzene rings is 1. The number of nitrogens with zero attached hydrogens (tertiary/aromatic N) is 1. The molecule has 0 aromatic heterocycles. The highest BCUT2D eigenvalue weighted by Gasteiger charge is 2.52. The van der Waals surface area contributed by atoms with Crippen LogP contribution in [0.15, 0.2) is 24.3 Å². The average molecular weight is 305 g/mol. The highest BCUT2D eigenvalue weighted by molar-refractivity contribution is 7.80. The number of ether oxygens (including phenoxy) is 1. The summed E-state index contributed by atoms with van der Waals surface area (Å²) in [6.07, 6.45) is 1.50. The Morgan fingerprint density at radius 1 is 1.24 bits per heavy atom. The van der Waals surface area contributed by atoms with Crippen molar-refractivity contribution in [3.05, 3.63) is 24.3 Å². The van der Waals surface area contributed by atoms with E-state index in [1.54, 1.807) is 0 Å². The molecule has 1 amide bonds. The van der Waals surface area contributed by atoms with Crippen LogP contribution in [-0.2, 0) is 9.53 Å². The Bertz CT molecular complexity index is 549. The Kier molecular flexibility index (Phi) is 3.82. The Morgan fingerprint density at radius 2 is 1.86 bits per heavy atom. The second-order valence-corrected chi connectivity index (χ2v) is 5.99. The van der Waals surface area contributed by atoms with Gasteiger partial charge in [-0.15, -0.1) is 0 Å². The molecule has 0 atom stereocenters. The zero-order valence-corrected chi connectivity index (χ0v) is 12.6. The molecule has 2 aliphatic rings. The van der Waals surface area contributed by atoms with Crippen LogP contribution in [0.4, 0.5) is 11.4 Å². The fourth-order valence-corrected chi connectivity index (χ4v) is 2.84. The minimum absolute atomic E-state index is 0.0888. The SMILES string of the molecule is NC(=S)C1(C(=O)Nc2ccc(N3CCOCC3)cc2)CC1. The Balaban J connectivity index is 1.64. The summed E-state index contributed by atoms with van der Waals surface area (Å²) in [5.74, 6) is -0.0888. The predicted octanol–water partition coefficient (Wildman–Crippen LogP) is 1.53. The maximum Gasteiger partial charge on any atom is 0.237 e. The maximum atomic E-state index is 12.2. The van der Waals surface area contributed by atoms with Crippen LogP contribution in [0.5, 0.6) is 0 Å². The van der Waals surface area contributed by atoms with Gasteiger partial charge in [0.25, 0.3) is 0 Å². The van der Waals surface area contributed by atoms with Crippen molar-refractivity contribution in [3.8, 4) is 0 Å². The van der Waals surface area contributed by atoms with Crippen molar-refractivity contribution in [2.75, 3.05) is 36.5 Å². The molecule has 5 nitrogen and oxygen atoms in total. The number of carbonyl (C=O) groups excluding carboxylic acids is 1. The van der Waals surface area contributed by atoms with Gasteiger partial charge in [-0.25, -0.2) is 0 Å². The highest BCUT2D eigenvalue weighted by Crippen LogP contribution is 2.46. The molecule has 112 valence electrons. The average Bonchev–Trinajstić information content (AvgIpc) is 3.31. The molecule has 1 aliphatic heterocycles. The molecule has 0 spiro atoms. The Morgan fingerprint density at radius 3 is 2.38 bits per heavy atom. The molecule has 21 heavy (non-hydrogen) atoms. The molecular weight excluding hydrogens is 286 g/mol. The number of thiocarbonyl (C=S) groups is 1. The molecular formula is C15H19N3O2S. The van der Waals surface area contributed by atoms with Gasteiger partial charge in [-0.05, 0) is 37.1 Å². The molecule has 1 aliphatic carbocycles. The maximum absolute atomic E-state index is 12.2. The van der Waals surface area contributed by atoms with Crippen LogP contribution in [-0.4, -0.2) is 37.2 Å². The predicted molar refractivity (Wildman–Crippen MR) is 86.6 cm³/mol. The summed E-state index contributed by atoms with van der Waals surface area (Å²) in [6, 6.07) is 7.86. The van der Waals surface area contributed by atoms with Gasteiger partial charge in [0.15, 0.2) is 0 Å². The van der Waals surface area contributed by atoms with Crippen LogP contribution in [0, 0.1) is 5.41 Å². The number of nitrogens with one attached hydrogen (secondary N) is 1. The fraction of sp³-hybridized carbons (Fsp3) is 0.467. The van der Waals surface area contributed by atoms with Crippen LogP contribution < -0.4 is 16.0 Å². The first-order valence-corrected chi connectivity index (χ1v) is 7.57. The number of anilines is 2. The van der Waals surface area contributed by atoms with E-state index in [0.717, 1.165) is 50.5 Å². The van der Waals surface area contributed by atoms with Gasteiger partial charge in [-0.2, -0.15) is 0 Å². The second-order valence-electron chi connectivity index (χ2n) is 5.55. The zero-order valence-electron chi connectivity index (χ0n) is 11.8. The topological polar surface area (TPSA) is 67.6 Å². The first kappa shape index (κ1) is 14.3. The summed E-state index contributed by atoms with van der Waals surface area (Å²) in [6.45, 7) is 3.32. The van der Waals surface area contributed by atoms with Gasteiger partial charge in [0, 0.05) is 24.5 Å². The molecule has 3 N–H and O–H groups in total. The first-order chi connectivity index (χ1) is 10.1. The van der Waals surface area contributed by atoms with Gasteiger partial charge in [-0.3, -0.25) is 4.79 Å². The summed E-state index contributed by atoms with van der Waals surface area (Å²) >= 11 is 4.99. The number of rotatable bonds is 4. The molecule has 0 unspecified atom stereocenters. The third kappa shape index (κ3) is 2.87. The van der Waals surface area contributed by atoms with Gasteiger partial charge >= 0.3 is 0 Å². The van der Waals surface area contributed by atoms with Crippen LogP contribution in [0.1, 0.15) is 12.8 Å². The second kappa shape index (κ2) is 5.61. The molecule has 0 bridgehead atoms. The normalized spacial score (nSPS) is 19.9. The molecule has 1 saturated heterocycles. The largest absolute Gasteiger partial charge is 0.392 e. The van der Waals surface area contributed by atoms with Gasteiger partial charge in [0.1, 0.15) is 0 Å². The number of amides is 1. The van der Waals surface area contributed by atoms with E-state index in [-0.39, 0.29) is 5.91 Å². The van der Waals surface area contributed by atoms with Crippen LogP contribution >= 0.6 is 12.2 Å². The monoisotopic (exact) mass is 305 g/mol. The Labute approximate surface area is 129 Å². The highest BCUT2D eigenvalue weighted by atomic mass is 32.1. The molecule has 2 fully saturated rings. The summed E-state index contributed by atoms with van der Waals surface area (Å²) in [5, 5.41) is 2.91. The number of hydrogen-bond donors (Lipinski definition) is 2. The van der Waals surface area contributed by atoms with Crippen molar-refractivity contribution in [2.24, 2.45) is 11.1 Å². The van der Waals surface area contributed by atoms with E-state index in [9.17, 15) is 4.79 Å². The lowest BCUT2D eigenvalue weighted by atomic mass is 10.1. The lowest BCUT2D eigenvalue weighted by molar-refractivity contribution is -0.118. The van der Waals surface area contributed by atoms with E-state index in [2.05, 4.69) is 10.2 Å². The van der Waals surface area contributed by atoms with E-state index >= 15 is 0 Å². The van der Waals surface area contributed by atoms with Crippen molar-refractivity contribution in [3.63, 3.8) is 0 Å². The zero-order chi connectivity index (χ0) is 14.9. The first-order valence-electron chi connectivity index (χ1n) is 7.16. The van der Waals surface area contributed by atoms with Crippen molar-refractivity contribution in [2.45, 2.75) is 12.8 Å². The summed E-state index contributed by atoms with van der Waals surface area (Å²) < 4.78 is 5.34. The van der Waals surface area contributed by atoms with Crippen molar-refractivity contribution in [1.82, 2.24) is 0 Å². The standard InChI is InChI=1S/C15H19N3O2S/c16-13(21)15(5-6-15)14(19)17-11-1-3-12(4-2-11)18-7-9-20-10-8-18/h1-4H,5-10H2,(H2,16,21)(H,17,19). The van der Waals surface area contributed by atoms with E-state index in [1.807, 2.05) is 24.3 Å². The Hall–Kier alpha value is -1.66. The molecule has 1 heterocycles. The van der Waals surface area contributed by atoms with Crippen LogP contribution in [0.2, 0.25) is 0 Å². The van der Waals surface area contributed by atoms with Crippen molar-refractivity contribution in [1.29, 1.82) is 0 Å². The van der Waals surface area contributed by atoms with Crippen LogP contribution in [0.3, 0.4) is 0 Å². The lowest BCUT2D eigenvalue weighted by Gasteiger charge is -2.29. The van der Waals surface area contributed by atoms with Gasteiger partial charge in [-0.1, -0.05) is 12.2 Å². The third-order valence-electron chi connectivity index (χ3n) is 4.16. The minimum atomic E-state index is -0.613. The minimum Gasteiger partial charge on any atom is -0.392 e. The van der Waals surface area contributed by atoms with E-state index in [1.165, 1.54) is 0 Å². The van der Waals surface area contributed by atoms with Gasteiger partial charge in [0.2, 0.25) is 5.91 Å². The quantitative estimate of drug-likeness (QED) is 0.826. The molecule has 1 saturated carbocycles. The fourth-order valence-electron chi connectivity index (χ4n) is 2.54. The number of nitrogens with two attached hydrogens (primary N) is 1. The molecule has 3 rings (SSSR count). The number of hydrogen-bond acceptors (Lipinski definition) is 4. The lowest BCUT2D eigenvalue weighted by Crippen LogP contribution is -2.36. The van der Waals surface area contributed by atoms with Gasteiger partial charge < -0.3 is 20.7 Å². The number of carbonyl (C=O) groups is 1. The van der Waals surface area contributed by atoms with Crippen molar-refractivity contribution < 1.29 is 9.53 Å². The van der Waals surface area contributed by atoms with E-state index in [0.29, 0.717) is 4.99 Å². The summed E-state index contributed by atoms with van der Waals surface area (Å²) in [7, 11) is 0. The van der Waals surface area contributed by atoms with Gasteiger partial charge in [0.05, 0.1) is 23.6 Å². The number of morpholine rings is 1. The van der Waals surface area contributed by atoms with E-state index in [4.69, 9.17) is 22.7 Å².